The summed E-state index contributed by atoms with van der Waals surface area (Å²) in [6, 6.07) is 2.07. The molecule has 0 radical (unpaired) electrons. The van der Waals surface area contributed by atoms with E-state index >= 15 is 0 Å². The van der Waals surface area contributed by atoms with Crippen molar-refractivity contribution >= 4 is 10.8 Å². The maximum Gasteiger partial charge on any atom is 0.0622 e. The third-order valence-electron chi connectivity index (χ3n) is 1.58. The van der Waals surface area contributed by atoms with E-state index in [1.54, 1.807) is 0 Å². The van der Waals surface area contributed by atoms with E-state index in [-0.39, 0.29) is 6.04 Å². The highest BCUT2D eigenvalue weighted by Gasteiger charge is 2.04. The average Bonchev–Trinajstić information content (AvgIpc) is 2.05. The molecule has 4 heteroatoms. The standard InChI is InChI=1S/C8H16N2OS/c1-2-8(10)7-12(11)6-4-3-5-9/h8H,2-4,6-7,10H2,1H3. The maximum atomic E-state index is 11.2. The molecule has 3 nitrogen and oxygen atoms in total. The van der Waals surface area contributed by atoms with Gasteiger partial charge in [0.05, 0.1) is 6.07 Å². The van der Waals surface area contributed by atoms with Gasteiger partial charge >= 0.3 is 0 Å². The molecule has 0 aromatic heterocycles. The van der Waals surface area contributed by atoms with Crippen molar-refractivity contribution in [3.05, 3.63) is 0 Å². The van der Waals surface area contributed by atoms with Crippen LogP contribution in [0.2, 0.25) is 0 Å². The molecule has 0 aromatic carbocycles. The van der Waals surface area contributed by atoms with Gasteiger partial charge in [-0.3, -0.25) is 4.21 Å². The highest BCUT2D eigenvalue weighted by Crippen LogP contribution is 1.95. The number of nitrogens with zero attached hydrogens (tertiary/aromatic N) is 1. The molecule has 70 valence electrons. The van der Waals surface area contributed by atoms with Gasteiger partial charge in [-0.05, 0) is 12.8 Å². The number of nitriles is 1. The molecule has 0 bridgehead atoms. The second kappa shape index (κ2) is 7.26. The van der Waals surface area contributed by atoms with Gasteiger partial charge in [0, 0.05) is 34.8 Å². The summed E-state index contributed by atoms with van der Waals surface area (Å²) in [5.41, 5.74) is 5.62. The van der Waals surface area contributed by atoms with E-state index in [0.29, 0.717) is 17.9 Å². The molecule has 0 amide bonds. The highest BCUT2D eigenvalue weighted by molar-refractivity contribution is 7.85. The van der Waals surface area contributed by atoms with Gasteiger partial charge in [-0.2, -0.15) is 5.26 Å². The number of hydrogen-bond acceptors (Lipinski definition) is 3. The fourth-order valence-electron chi connectivity index (χ4n) is 0.752. The smallest absolute Gasteiger partial charge is 0.0622 e. The molecule has 2 N–H and O–H groups in total. The molecule has 0 aromatic rings. The zero-order chi connectivity index (χ0) is 9.40. The first-order valence-corrected chi connectivity index (χ1v) is 5.67. The van der Waals surface area contributed by atoms with Crippen molar-refractivity contribution in [1.82, 2.24) is 0 Å². The lowest BCUT2D eigenvalue weighted by atomic mass is 10.3. The van der Waals surface area contributed by atoms with Gasteiger partial charge in [-0.25, -0.2) is 0 Å². The molecule has 0 saturated carbocycles. The van der Waals surface area contributed by atoms with Crippen molar-refractivity contribution in [3.63, 3.8) is 0 Å². The molecule has 2 unspecified atom stereocenters. The molecule has 12 heavy (non-hydrogen) atoms. The third-order valence-corrected chi connectivity index (χ3v) is 3.13. The van der Waals surface area contributed by atoms with E-state index in [1.807, 2.05) is 13.0 Å². The Morgan fingerprint density at radius 1 is 1.67 bits per heavy atom. The van der Waals surface area contributed by atoms with Crippen LogP contribution in [0, 0.1) is 11.3 Å². The van der Waals surface area contributed by atoms with Gasteiger partial charge < -0.3 is 5.73 Å². The molecule has 0 spiro atoms. The van der Waals surface area contributed by atoms with Crippen LogP contribution in [0.4, 0.5) is 0 Å². The predicted molar refractivity (Wildman–Crippen MR) is 51.0 cm³/mol. The molecule has 0 rings (SSSR count). The SMILES string of the molecule is CCC(N)CS(=O)CCCC#N. The van der Waals surface area contributed by atoms with E-state index in [9.17, 15) is 4.21 Å². The second-order valence-corrected chi connectivity index (χ2v) is 4.36. The first-order chi connectivity index (χ1) is 5.70. The summed E-state index contributed by atoms with van der Waals surface area (Å²) >= 11 is 0. The zero-order valence-corrected chi connectivity index (χ0v) is 8.27. The Morgan fingerprint density at radius 3 is 2.83 bits per heavy atom. The van der Waals surface area contributed by atoms with Crippen LogP contribution in [0.5, 0.6) is 0 Å². The topological polar surface area (TPSA) is 66.9 Å². The Balaban J connectivity index is 3.41. The highest BCUT2D eigenvalue weighted by atomic mass is 32.2. The van der Waals surface area contributed by atoms with Crippen LogP contribution >= 0.6 is 0 Å². The summed E-state index contributed by atoms with van der Waals surface area (Å²) in [5.74, 6) is 1.18. The first kappa shape index (κ1) is 11.6. The van der Waals surface area contributed by atoms with Crippen LogP contribution < -0.4 is 5.73 Å². The van der Waals surface area contributed by atoms with Crippen LogP contribution in [0.1, 0.15) is 26.2 Å². The maximum absolute atomic E-state index is 11.2. The van der Waals surface area contributed by atoms with Gasteiger partial charge in [0.15, 0.2) is 0 Å². The molecule has 0 fully saturated rings. The Labute approximate surface area is 76.4 Å². The van der Waals surface area contributed by atoms with Crippen LogP contribution in [0.25, 0.3) is 0 Å². The largest absolute Gasteiger partial charge is 0.327 e. The summed E-state index contributed by atoms with van der Waals surface area (Å²) in [6.07, 6.45) is 2.08. The minimum atomic E-state index is -0.828. The summed E-state index contributed by atoms with van der Waals surface area (Å²) in [6.45, 7) is 1.98. The average molecular weight is 188 g/mol. The Bertz CT molecular complexity index is 176. The van der Waals surface area contributed by atoms with Crippen molar-refractivity contribution in [2.75, 3.05) is 11.5 Å². The quantitative estimate of drug-likeness (QED) is 0.626. The molecule has 0 aliphatic heterocycles. The summed E-state index contributed by atoms with van der Waals surface area (Å²) in [5, 5.41) is 8.23. The van der Waals surface area contributed by atoms with E-state index in [2.05, 4.69) is 0 Å². The molecule has 0 aliphatic rings. The van der Waals surface area contributed by atoms with E-state index < -0.39 is 10.8 Å². The normalized spacial score (nSPS) is 15.1. The minimum Gasteiger partial charge on any atom is -0.327 e. The van der Waals surface area contributed by atoms with Crippen molar-refractivity contribution < 1.29 is 4.21 Å². The molecular formula is C8H16N2OS. The monoisotopic (exact) mass is 188 g/mol. The summed E-state index contributed by atoms with van der Waals surface area (Å²) < 4.78 is 11.2. The van der Waals surface area contributed by atoms with Crippen molar-refractivity contribution in [3.8, 4) is 6.07 Å². The van der Waals surface area contributed by atoms with Crippen molar-refractivity contribution in [2.24, 2.45) is 5.73 Å². The Morgan fingerprint density at radius 2 is 2.33 bits per heavy atom. The lowest BCUT2D eigenvalue weighted by molar-refractivity contribution is 0.661. The van der Waals surface area contributed by atoms with Gasteiger partial charge in [0.1, 0.15) is 0 Å². The van der Waals surface area contributed by atoms with E-state index in [1.165, 1.54) is 0 Å². The van der Waals surface area contributed by atoms with Gasteiger partial charge in [-0.15, -0.1) is 0 Å². The molecule has 0 aliphatic carbocycles. The van der Waals surface area contributed by atoms with Crippen molar-refractivity contribution in [2.45, 2.75) is 32.2 Å². The molecule has 0 heterocycles. The summed E-state index contributed by atoms with van der Waals surface area (Å²) in [7, 11) is -0.828. The predicted octanol–water partition coefficient (Wildman–Crippen LogP) is 0.776. The van der Waals surface area contributed by atoms with E-state index in [0.717, 1.165) is 12.8 Å². The number of rotatable bonds is 6. The molecular weight excluding hydrogens is 172 g/mol. The van der Waals surface area contributed by atoms with Crippen LogP contribution in [0.15, 0.2) is 0 Å². The fraction of sp³-hybridized carbons (Fsp3) is 0.875. The second-order valence-electron chi connectivity index (χ2n) is 2.74. The third kappa shape index (κ3) is 6.32. The van der Waals surface area contributed by atoms with Gasteiger partial charge in [0.2, 0.25) is 0 Å². The Hall–Kier alpha value is -0.400. The van der Waals surface area contributed by atoms with Crippen molar-refractivity contribution in [1.29, 1.82) is 5.26 Å². The minimum absolute atomic E-state index is 0.0490. The zero-order valence-electron chi connectivity index (χ0n) is 7.45. The molecule has 0 saturated heterocycles. The summed E-state index contributed by atoms with van der Waals surface area (Å²) in [4.78, 5) is 0. The van der Waals surface area contributed by atoms with Gasteiger partial charge in [-0.1, -0.05) is 6.92 Å². The number of hydrogen-bond donors (Lipinski definition) is 1. The van der Waals surface area contributed by atoms with E-state index in [4.69, 9.17) is 11.0 Å². The number of unbranched alkanes of at least 4 members (excludes halogenated alkanes) is 1. The first-order valence-electron chi connectivity index (χ1n) is 4.18. The lowest BCUT2D eigenvalue weighted by Gasteiger charge is -2.06. The Kier molecular flexibility index (Phi) is 7.02. The number of nitrogens with two attached hydrogens (primary N) is 1. The fourth-order valence-corrected chi connectivity index (χ4v) is 2.10. The van der Waals surface area contributed by atoms with Crippen LogP contribution in [-0.4, -0.2) is 21.8 Å². The van der Waals surface area contributed by atoms with Crippen LogP contribution in [-0.2, 0) is 10.8 Å². The lowest BCUT2D eigenvalue weighted by Crippen LogP contribution is -2.26. The molecule has 2 atom stereocenters. The van der Waals surface area contributed by atoms with Gasteiger partial charge in [0.25, 0.3) is 0 Å². The van der Waals surface area contributed by atoms with Crippen LogP contribution in [0.3, 0.4) is 0 Å².